The molecule has 1 aromatic rings. The molecule has 2 rings (SSSR count). The molecule has 1 amide bonds. The summed E-state index contributed by atoms with van der Waals surface area (Å²) in [5, 5.41) is 12.7. The SMILES string of the molecule is CNC(=O)c1ccccc1OC[C@@H](O)CN1CCC(C)CC1. The quantitative estimate of drug-likeness (QED) is 0.836. The van der Waals surface area contributed by atoms with Gasteiger partial charge in [0.25, 0.3) is 5.91 Å². The minimum Gasteiger partial charge on any atom is -0.490 e. The molecular weight excluding hydrogens is 280 g/mol. The fourth-order valence-electron chi connectivity index (χ4n) is 2.70. The zero-order valence-electron chi connectivity index (χ0n) is 13.4. The standard InChI is InChI=1S/C17H26N2O3/c1-13-7-9-19(10-8-13)11-14(20)12-22-16-6-4-3-5-15(16)17(21)18-2/h3-6,13-14,20H,7-12H2,1-2H3,(H,18,21)/t14-/m0/s1. The predicted molar refractivity (Wildman–Crippen MR) is 86.2 cm³/mol. The van der Waals surface area contributed by atoms with Gasteiger partial charge < -0.3 is 20.1 Å². The van der Waals surface area contributed by atoms with Crippen LogP contribution in [0.25, 0.3) is 0 Å². The van der Waals surface area contributed by atoms with Crippen molar-refractivity contribution in [3.05, 3.63) is 29.8 Å². The van der Waals surface area contributed by atoms with Crippen LogP contribution < -0.4 is 10.1 Å². The summed E-state index contributed by atoms with van der Waals surface area (Å²) in [6, 6.07) is 7.08. The molecule has 0 bridgehead atoms. The number of amides is 1. The molecule has 0 radical (unpaired) electrons. The molecule has 1 aliphatic rings. The number of para-hydroxylation sites is 1. The minimum atomic E-state index is -0.550. The van der Waals surface area contributed by atoms with Gasteiger partial charge in [0.1, 0.15) is 18.5 Å². The van der Waals surface area contributed by atoms with Crippen molar-refractivity contribution in [1.29, 1.82) is 0 Å². The molecule has 1 saturated heterocycles. The fraction of sp³-hybridized carbons (Fsp3) is 0.588. The van der Waals surface area contributed by atoms with E-state index < -0.39 is 6.10 Å². The van der Waals surface area contributed by atoms with Gasteiger partial charge in [-0.15, -0.1) is 0 Å². The summed E-state index contributed by atoms with van der Waals surface area (Å²) in [6.45, 7) is 5.15. The number of hydrogen-bond donors (Lipinski definition) is 2. The van der Waals surface area contributed by atoms with E-state index in [1.807, 2.05) is 6.07 Å². The highest BCUT2D eigenvalue weighted by atomic mass is 16.5. The highest BCUT2D eigenvalue weighted by molar-refractivity contribution is 5.96. The van der Waals surface area contributed by atoms with Crippen LogP contribution in [0.3, 0.4) is 0 Å². The second-order valence-corrected chi connectivity index (χ2v) is 6.02. The summed E-state index contributed by atoms with van der Waals surface area (Å²) in [4.78, 5) is 14.0. The molecule has 1 aromatic carbocycles. The van der Waals surface area contributed by atoms with Crippen LogP contribution in [0.2, 0.25) is 0 Å². The van der Waals surface area contributed by atoms with E-state index in [9.17, 15) is 9.90 Å². The first kappa shape index (κ1) is 16.8. The van der Waals surface area contributed by atoms with E-state index >= 15 is 0 Å². The molecule has 1 fully saturated rings. The lowest BCUT2D eigenvalue weighted by molar-refractivity contribution is 0.0557. The van der Waals surface area contributed by atoms with Crippen molar-refractivity contribution >= 4 is 5.91 Å². The minimum absolute atomic E-state index is 0.185. The summed E-state index contributed by atoms with van der Waals surface area (Å²) in [5.74, 6) is 1.10. The van der Waals surface area contributed by atoms with Crippen molar-refractivity contribution in [2.75, 3.05) is 33.3 Å². The lowest BCUT2D eigenvalue weighted by atomic mass is 9.99. The van der Waals surface area contributed by atoms with Gasteiger partial charge in [-0.3, -0.25) is 4.79 Å². The van der Waals surface area contributed by atoms with E-state index in [1.54, 1.807) is 25.2 Å². The third-order valence-corrected chi connectivity index (χ3v) is 4.14. The lowest BCUT2D eigenvalue weighted by Crippen LogP contribution is -2.40. The van der Waals surface area contributed by atoms with Crippen LogP contribution in [0.15, 0.2) is 24.3 Å². The second-order valence-electron chi connectivity index (χ2n) is 6.02. The van der Waals surface area contributed by atoms with Crippen molar-refractivity contribution in [2.45, 2.75) is 25.9 Å². The van der Waals surface area contributed by atoms with Gasteiger partial charge in [0, 0.05) is 13.6 Å². The van der Waals surface area contributed by atoms with Gasteiger partial charge in [-0.2, -0.15) is 0 Å². The fourth-order valence-corrected chi connectivity index (χ4v) is 2.70. The summed E-state index contributed by atoms with van der Waals surface area (Å²) < 4.78 is 5.65. The number of ether oxygens (including phenoxy) is 1. The Morgan fingerprint density at radius 2 is 2.09 bits per heavy atom. The number of nitrogens with one attached hydrogen (secondary N) is 1. The predicted octanol–water partition coefficient (Wildman–Crippen LogP) is 1.52. The first-order valence-corrected chi connectivity index (χ1v) is 7.94. The molecule has 0 aliphatic carbocycles. The van der Waals surface area contributed by atoms with Crippen molar-refractivity contribution in [1.82, 2.24) is 10.2 Å². The van der Waals surface area contributed by atoms with Crippen LogP contribution in [0.4, 0.5) is 0 Å². The van der Waals surface area contributed by atoms with Gasteiger partial charge in [-0.25, -0.2) is 0 Å². The van der Waals surface area contributed by atoms with E-state index in [-0.39, 0.29) is 12.5 Å². The van der Waals surface area contributed by atoms with Crippen LogP contribution in [0.1, 0.15) is 30.1 Å². The summed E-state index contributed by atoms with van der Waals surface area (Å²) in [5.41, 5.74) is 0.490. The van der Waals surface area contributed by atoms with Crippen LogP contribution in [0, 0.1) is 5.92 Å². The molecule has 1 atom stereocenters. The first-order valence-electron chi connectivity index (χ1n) is 7.94. The van der Waals surface area contributed by atoms with E-state index in [4.69, 9.17) is 4.74 Å². The summed E-state index contributed by atoms with van der Waals surface area (Å²) >= 11 is 0. The number of piperidine rings is 1. The maximum absolute atomic E-state index is 11.8. The smallest absolute Gasteiger partial charge is 0.254 e. The Balaban J connectivity index is 1.83. The summed E-state index contributed by atoms with van der Waals surface area (Å²) in [7, 11) is 1.59. The number of aliphatic hydroxyl groups excluding tert-OH is 1. The zero-order chi connectivity index (χ0) is 15.9. The molecule has 0 saturated carbocycles. The molecule has 0 aromatic heterocycles. The highest BCUT2D eigenvalue weighted by Crippen LogP contribution is 2.19. The molecule has 5 heteroatoms. The molecule has 0 unspecified atom stereocenters. The van der Waals surface area contributed by atoms with Gasteiger partial charge >= 0.3 is 0 Å². The normalized spacial score (nSPS) is 18.0. The number of nitrogens with zero attached hydrogens (tertiary/aromatic N) is 1. The Hall–Kier alpha value is -1.59. The average Bonchev–Trinajstić information content (AvgIpc) is 2.54. The van der Waals surface area contributed by atoms with E-state index in [1.165, 1.54) is 12.8 Å². The van der Waals surface area contributed by atoms with Crippen molar-refractivity contribution in [3.8, 4) is 5.75 Å². The molecule has 2 N–H and O–H groups in total. The Kier molecular flexibility index (Phi) is 6.21. The topological polar surface area (TPSA) is 61.8 Å². The largest absolute Gasteiger partial charge is 0.490 e. The Labute approximate surface area is 132 Å². The number of likely N-dealkylation sites (tertiary alicyclic amines) is 1. The second kappa shape index (κ2) is 8.15. The van der Waals surface area contributed by atoms with E-state index in [0.29, 0.717) is 17.9 Å². The number of hydrogen-bond acceptors (Lipinski definition) is 4. The number of β-amino-alcohol motifs (C(OH)–C–C–N with tert-alkyl or cyclic N) is 1. The van der Waals surface area contributed by atoms with E-state index in [2.05, 4.69) is 17.1 Å². The van der Waals surface area contributed by atoms with Crippen LogP contribution in [-0.4, -0.2) is 55.3 Å². The molecule has 22 heavy (non-hydrogen) atoms. The Morgan fingerprint density at radius 3 is 2.77 bits per heavy atom. The van der Waals surface area contributed by atoms with Crippen molar-refractivity contribution in [3.63, 3.8) is 0 Å². The van der Waals surface area contributed by atoms with Gasteiger partial charge in [0.05, 0.1) is 5.56 Å². The maximum Gasteiger partial charge on any atom is 0.254 e. The molecule has 5 nitrogen and oxygen atoms in total. The van der Waals surface area contributed by atoms with Gasteiger partial charge in [-0.05, 0) is 44.0 Å². The molecule has 122 valence electrons. The highest BCUT2D eigenvalue weighted by Gasteiger charge is 2.19. The third-order valence-electron chi connectivity index (χ3n) is 4.14. The number of aliphatic hydroxyl groups is 1. The molecule has 0 spiro atoms. The third kappa shape index (κ3) is 4.71. The first-order chi connectivity index (χ1) is 10.6. The average molecular weight is 306 g/mol. The number of benzene rings is 1. The number of carbonyl (C=O) groups excluding carboxylic acids is 1. The zero-order valence-corrected chi connectivity index (χ0v) is 13.4. The van der Waals surface area contributed by atoms with Crippen molar-refractivity contribution in [2.24, 2.45) is 5.92 Å². The monoisotopic (exact) mass is 306 g/mol. The van der Waals surface area contributed by atoms with Crippen LogP contribution in [-0.2, 0) is 0 Å². The van der Waals surface area contributed by atoms with Gasteiger partial charge in [0.15, 0.2) is 0 Å². The van der Waals surface area contributed by atoms with Crippen LogP contribution in [0.5, 0.6) is 5.75 Å². The van der Waals surface area contributed by atoms with Gasteiger partial charge in [-0.1, -0.05) is 19.1 Å². The molecular formula is C17H26N2O3. The van der Waals surface area contributed by atoms with Gasteiger partial charge in [0.2, 0.25) is 0 Å². The molecule has 1 heterocycles. The maximum atomic E-state index is 11.8. The number of rotatable bonds is 6. The molecule has 1 aliphatic heterocycles. The van der Waals surface area contributed by atoms with Crippen LogP contribution >= 0.6 is 0 Å². The number of carbonyl (C=O) groups is 1. The Bertz CT molecular complexity index is 485. The lowest BCUT2D eigenvalue weighted by Gasteiger charge is -2.31. The van der Waals surface area contributed by atoms with E-state index in [0.717, 1.165) is 19.0 Å². The Morgan fingerprint density at radius 1 is 1.41 bits per heavy atom. The van der Waals surface area contributed by atoms with Crippen molar-refractivity contribution < 1.29 is 14.6 Å². The summed E-state index contributed by atoms with van der Waals surface area (Å²) in [6.07, 6.45) is 1.83.